The highest BCUT2D eigenvalue weighted by Crippen LogP contribution is 2.19. The molecule has 0 aliphatic carbocycles. The van der Waals surface area contributed by atoms with Gasteiger partial charge < -0.3 is 25.6 Å². The molecule has 8 heteroatoms. The molecular weight excluding hydrogens is 420 g/mol. The molecule has 2 aliphatic heterocycles. The number of anilines is 3. The number of ether oxygens (including phenoxy) is 1. The highest BCUT2D eigenvalue weighted by Gasteiger charge is 2.23. The van der Waals surface area contributed by atoms with E-state index in [4.69, 9.17) is 4.74 Å². The van der Waals surface area contributed by atoms with Gasteiger partial charge in [-0.1, -0.05) is 18.9 Å². The number of amides is 4. The van der Waals surface area contributed by atoms with E-state index >= 15 is 0 Å². The van der Waals surface area contributed by atoms with Crippen molar-refractivity contribution in [2.24, 2.45) is 0 Å². The second kappa shape index (κ2) is 11.0. The smallest absolute Gasteiger partial charge is 0.321 e. The molecule has 4 amide bonds. The number of nitrogens with one attached hydrogen (secondary N) is 3. The Hall–Kier alpha value is -3.39. The standard InChI is InChI=1S/C25H30N4O4/c30-23(18-7-5-8-21(17-18)27-24(31)22-9-6-16-33-22)26-19-10-12-20(13-11-19)28-25(32)29-14-3-1-2-4-15-29/h5,7-8,10-13,17,22H,1-4,6,9,14-16H2,(H,26,30)(H,27,31)(H,28,32). The van der Waals surface area contributed by atoms with Crippen LogP contribution in [0.25, 0.3) is 0 Å². The van der Waals surface area contributed by atoms with Gasteiger partial charge in [-0.25, -0.2) is 4.79 Å². The lowest BCUT2D eigenvalue weighted by Gasteiger charge is -2.20. The Kier molecular flexibility index (Phi) is 7.57. The molecule has 1 unspecified atom stereocenters. The molecule has 0 aromatic heterocycles. The van der Waals surface area contributed by atoms with Crippen molar-refractivity contribution in [2.75, 3.05) is 35.6 Å². The van der Waals surface area contributed by atoms with E-state index in [1.54, 1.807) is 48.5 Å². The van der Waals surface area contributed by atoms with Gasteiger partial charge in [-0.2, -0.15) is 0 Å². The maximum atomic E-state index is 12.7. The highest BCUT2D eigenvalue weighted by molar-refractivity contribution is 6.05. The first-order chi connectivity index (χ1) is 16.1. The number of urea groups is 1. The summed E-state index contributed by atoms with van der Waals surface area (Å²) >= 11 is 0. The molecule has 2 aliphatic rings. The van der Waals surface area contributed by atoms with Crippen molar-refractivity contribution in [2.45, 2.75) is 44.6 Å². The van der Waals surface area contributed by atoms with Gasteiger partial charge in [0, 0.05) is 42.3 Å². The van der Waals surface area contributed by atoms with E-state index in [2.05, 4.69) is 16.0 Å². The second-order valence-corrected chi connectivity index (χ2v) is 8.43. The first kappa shape index (κ1) is 22.8. The maximum Gasteiger partial charge on any atom is 0.321 e. The van der Waals surface area contributed by atoms with Crippen molar-refractivity contribution in [3.63, 3.8) is 0 Å². The third-order valence-corrected chi connectivity index (χ3v) is 5.90. The number of carbonyl (C=O) groups is 3. The van der Waals surface area contributed by atoms with Gasteiger partial charge in [0.05, 0.1) is 0 Å². The fourth-order valence-electron chi connectivity index (χ4n) is 4.06. The summed E-state index contributed by atoms with van der Waals surface area (Å²) in [6.45, 7) is 2.17. The van der Waals surface area contributed by atoms with Crippen LogP contribution in [0, 0.1) is 0 Å². The fourth-order valence-corrected chi connectivity index (χ4v) is 4.06. The molecule has 4 rings (SSSR count). The lowest BCUT2D eigenvalue weighted by atomic mass is 10.1. The Balaban J connectivity index is 1.32. The zero-order chi connectivity index (χ0) is 23.0. The minimum atomic E-state index is -0.430. The minimum Gasteiger partial charge on any atom is -0.368 e. The molecule has 3 N–H and O–H groups in total. The minimum absolute atomic E-state index is 0.0875. The van der Waals surface area contributed by atoms with Crippen molar-refractivity contribution in [3.05, 3.63) is 54.1 Å². The van der Waals surface area contributed by atoms with E-state index < -0.39 is 6.10 Å². The summed E-state index contributed by atoms with van der Waals surface area (Å²) in [6.07, 6.45) is 5.57. The summed E-state index contributed by atoms with van der Waals surface area (Å²) in [4.78, 5) is 39.3. The Morgan fingerprint density at radius 2 is 1.48 bits per heavy atom. The molecule has 2 heterocycles. The van der Waals surface area contributed by atoms with Gasteiger partial charge in [0.15, 0.2) is 0 Å². The molecule has 8 nitrogen and oxygen atoms in total. The summed E-state index contributed by atoms with van der Waals surface area (Å²) in [5, 5.41) is 8.58. The molecule has 2 aromatic carbocycles. The predicted molar refractivity (Wildman–Crippen MR) is 128 cm³/mol. The summed E-state index contributed by atoms with van der Waals surface area (Å²) in [7, 11) is 0. The second-order valence-electron chi connectivity index (χ2n) is 8.43. The van der Waals surface area contributed by atoms with E-state index in [-0.39, 0.29) is 17.8 Å². The van der Waals surface area contributed by atoms with Crippen LogP contribution in [-0.4, -0.2) is 48.5 Å². The van der Waals surface area contributed by atoms with Gasteiger partial charge in [0.2, 0.25) is 0 Å². The van der Waals surface area contributed by atoms with Crippen LogP contribution in [0.3, 0.4) is 0 Å². The van der Waals surface area contributed by atoms with Crippen LogP contribution in [0.2, 0.25) is 0 Å². The van der Waals surface area contributed by atoms with E-state index in [1.807, 2.05) is 4.90 Å². The van der Waals surface area contributed by atoms with Gasteiger partial charge in [-0.15, -0.1) is 0 Å². The Morgan fingerprint density at radius 1 is 0.788 bits per heavy atom. The number of nitrogens with zero attached hydrogens (tertiary/aromatic N) is 1. The third-order valence-electron chi connectivity index (χ3n) is 5.90. The van der Waals surface area contributed by atoms with Crippen LogP contribution in [0.15, 0.2) is 48.5 Å². The third kappa shape index (κ3) is 6.32. The van der Waals surface area contributed by atoms with E-state index in [1.165, 1.54) is 12.8 Å². The van der Waals surface area contributed by atoms with Crippen molar-refractivity contribution in [1.82, 2.24) is 4.90 Å². The van der Waals surface area contributed by atoms with Crippen LogP contribution < -0.4 is 16.0 Å². The van der Waals surface area contributed by atoms with Gasteiger partial charge in [-0.05, 0) is 68.1 Å². The Bertz CT molecular complexity index is 978. The summed E-state index contributed by atoms with van der Waals surface area (Å²) in [5.74, 6) is -0.479. The van der Waals surface area contributed by atoms with E-state index in [0.717, 1.165) is 32.4 Å². The zero-order valence-electron chi connectivity index (χ0n) is 18.6. The lowest BCUT2D eigenvalue weighted by molar-refractivity contribution is -0.124. The summed E-state index contributed by atoms with van der Waals surface area (Å²) in [6, 6.07) is 13.7. The van der Waals surface area contributed by atoms with Crippen molar-refractivity contribution < 1.29 is 19.1 Å². The SMILES string of the molecule is O=C(Nc1ccc(NC(=O)N2CCCCCC2)cc1)c1cccc(NC(=O)C2CCCO2)c1. The number of benzene rings is 2. The average Bonchev–Trinajstić information content (AvgIpc) is 3.23. The first-order valence-corrected chi connectivity index (χ1v) is 11.6. The molecular formula is C25H30N4O4. The van der Waals surface area contributed by atoms with Crippen LogP contribution in [0.4, 0.5) is 21.9 Å². The van der Waals surface area contributed by atoms with Crippen molar-refractivity contribution >= 4 is 34.9 Å². The fraction of sp³-hybridized carbons (Fsp3) is 0.400. The topological polar surface area (TPSA) is 99.8 Å². The molecule has 0 bridgehead atoms. The van der Waals surface area contributed by atoms with Gasteiger partial charge in [0.1, 0.15) is 6.10 Å². The Labute approximate surface area is 193 Å². The monoisotopic (exact) mass is 450 g/mol. The molecule has 2 saturated heterocycles. The number of hydrogen-bond donors (Lipinski definition) is 3. The molecule has 0 saturated carbocycles. The Morgan fingerprint density at radius 3 is 2.15 bits per heavy atom. The van der Waals surface area contributed by atoms with Crippen molar-refractivity contribution in [3.8, 4) is 0 Å². The van der Waals surface area contributed by atoms with Crippen LogP contribution in [0.5, 0.6) is 0 Å². The molecule has 2 aromatic rings. The quantitative estimate of drug-likeness (QED) is 0.626. The number of hydrogen-bond acceptors (Lipinski definition) is 4. The average molecular weight is 451 g/mol. The zero-order valence-corrected chi connectivity index (χ0v) is 18.6. The van der Waals surface area contributed by atoms with Crippen molar-refractivity contribution in [1.29, 1.82) is 0 Å². The molecule has 174 valence electrons. The van der Waals surface area contributed by atoms with Crippen LogP contribution in [-0.2, 0) is 9.53 Å². The normalized spacial score (nSPS) is 18.3. The largest absolute Gasteiger partial charge is 0.368 e. The number of likely N-dealkylation sites (tertiary alicyclic amines) is 1. The van der Waals surface area contributed by atoms with E-state index in [9.17, 15) is 14.4 Å². The predicted octanol–water partition coefficient (Wildman–Crippen LogP) is 4.46. The first-order valence-electron chi connectivity index (χ1n) is 11.6. The van der Waals surface area contributed by atoms with Gasteiger partial charge in [-0.3, -0.25) is 9.59 Å². The highest BCUT2D eigenvalue weighted by atomic mass is 16.5. The molecule has 0 spiro atoms. The number of rotatable bonds is 5. The molecule has 1 atom stereocenters. The molecule has 2 fully saturated rings. The lowest BCUT2D eigenvalue weighted by Crippen LogP contribution is -2.35. The number of carbonyl (C=O) groups excluding carboxylic acids is 3. The summed E-state index contributed by atoms with van der Waals surface area (Å²) in [5.41, 5.74) is 2.27. The molecule has 33 heavy (non-hydrogen) atoms. The van der Waals surface area contributed by atoms with E-state index in [0.29, 0.717) is 35.7 Å². The summed E-state index contributed by atoms with van der Waals surface area (Å²) < 4.78 is 5.40. The maximum absolute atomic E-state index is 12.7. The molecule has 0 radical (unpaired) electrons. The van der Waals surface area contributed by atoms with Gasteiger partial charge >= 0.3 is 6.03 Å². The van der Waals surface area contributed by atoms with Gasteiger partial charge in [0.25, 0.3) is 11.8 Å². The van der Waals surface area contributed by atoms with Crippen LogP contribution >= 0.6 is 0 Å². The van der Waals surface area contributed by atoms with Crippen LogP contribution in [0.1, 0.15) is 48.9 Å².